The molecule has 0 atom stereocenters. The number of hydrogen-bond acceptors (Lipinski definition) is 3. The van der Waals surface area contributed by atoms with E-state index in [-0.39, 0.29) is 6.10 Å². The molecule has 1 heterocycles. The molecule has 80 valence electrons. The zero-order valence-corrected chi connectivity index (χ0v) is 9.37. The van der Waals surface area contributed by atoms with Crippen LogP contribution < -0.4 is 0 Å². The topological polar surface area (TPSA) is 39.9 Å². The molecule has 0 unspecified atom stereocenters. The van der Waals surface area contributed by atoms with Crippen LogP contribution in [0.5, 0.6) is 0 Å². The first kappa shape index (κ1) is 11.5. The van der Waals surface area contributed by atoms with E-state index in [1.165, 1.54) is 0 Å². The third-order valence-corrected chi connectivity index (χ3v) is 1.90. The molecule has 0 aromatic carbocycles. The fraction of sp³-hybridized carbons (Fsp3) is 0.778. The number of nitrogens with zero attached hydrogens (tertiary/aromatic N) is 3. The minimum atomic E-state index is 0.265. The van der Waals surface area contributed by atoms with Crippen molar-refractivity contribution in [1.82, 2.24) is 15.0 Å². The van der Waals surface area contributed by atoms with Gasteiger partial charge in [-0.25, -0.2) is 4.68 Å². The van der Waals surface area contributed by atoms with Crippen LogP contribution >= 0.6 is 11.6 Å². The van der Waals surface area contributed by atoms with Crippen LogP contribution in [0.25, 0.3) is 0 Å². The molecule has 0 saturated carbocycles. The summed E-state index contributed by atoms with van der Waals surface area (Å²) in [6, 6.07) is 0. The lowest BCUT2D eigenvalue weighted by molar-refractivity contribution is 0.0707. The lowest BCUT2D eigenvalue weighted by atomic mass is 10.4. The second-order valence-corrected chi connectivity index (χ2v) is 3.71. The first-order valence-electron chi connectivity index (χ1n) is 4.79. The molecule has 0 bridgehead atoms. The Hall–Kier alpha value is -0.610. The van der Waals surface area contributed by atoms with E-state index < -0.39 is 0 Å². The zero-order chi connectivity index (χ0) is 10.4. The smallest absolute Gasteiger partial charge is 0.0839 e. The molecule has 14 heavy (non-hydrogen) atoms. The molecular formula is C9H16ClN3O. The molecule has 0 radical (unpaired) electrons. The van der Waals surface area contributed by atoms with Gasteiger partial charge in [0, 0.05) is 18.5 Å². The summed E-state index contributed by atoms with van der Waals surface area (Å²) in [4.78, 5) is 0. The summed E-state index contributed by atoms with van der Waals surface area (Å²) in [5.74, 6) is 0.585. The SMILES string of the molecule is CC(C)OCCn1cc(CCCl)nn1. The second kappa shape index (κ2) is 5.98. The lowest BCUT2D eigenvalue weighted by Gasteiger charge is -2.06. The number of rotatable bonds is 6. The van der Waals surface area contributed by atoms with Crippen LogP contribution in [0.15, 0.2) is 6.20 Å². The highest BCUT2D eigenvalue weighted by Gasteiger charge is 2.00. The van der Waals surface area contributed by atoms with Crippen LogP contribution in [-0.2, 0) is 17.7 Å². The first-order valence-corrected chi connectivity index (χ1v) is 5.32. The molecule has 0 saturated heterocycles. The van der Waals surface area contributed by atoms with Gasteiger partial charge in [-0.15, -0.1) is 16.7 Å². The Bertz CT molecular complexity index is 262. The lowest BCUT2D eigenvalue weighted by Crippen LogP contribution is -2.10. The fourth-order valence-electron chi connectivity index (χ4n) is 1.04. The quantitative estimate of drug-likeness (QED) is 0.678. The monoisotopic (exact) mass is 217 g/mol. The molecule has 0 amide bonds. The number of ether oxygens (including phenoxy) is 1. The van der Waals surface area contributed by atoms with Crippen molar-refractivity contribution in [3.05, 3.63) is 11.9 Å². The Kier molecular flexibility index (Phi) is 4.90. The van der Waals surface area contributed by atoms with Gasteiger partial charge in [0.1, 0.15) is 0 Å². The van der Waals surface area contributed by atoms with Gasteiger partial charge in [0.25, 0.3) is 0 Å². The number of aromatic nitrogens is 3. The van der Waals surface area contributed by atoms with Crippen molar-refractivity contribution in [1.29, 1.82) is 0 Å². The molecule has 1 aromatic heterocycles. The summed E-state index contributed by atoms with van der Waals surface area (Å²) in [6.45, 7) is 5.44. The zero-order valence-electron chi connectivity index (χ0n) is 8.61. The van der Waals surface area contributed by atoms with Gasteiger partial charge in [0.15, 0.2) is 0 Å². The Morgan fingerprint density at radius 1 is 1.57 bits per heavy atom. The van der Waals surface area contributed by atoms with Gasteiger partial charge in [-0.2, -0.15) is 0 Å². The van der Waals surface area contributed by atoms with E-state index in [1.807, 2.05) is 20.0 Å². The van der Waals surface area contributed by atoms with Crippen LogP contribution in [0.3, 0.4) is 0 Å². The van der Waals surface area contributed by atoms with Crippen LogP contribution in [0.1, 0.15) is 19.5 Å². The number of hydrogen-bond donors (Lipinski definition) is 0. The van der Waals surface area contributed by atoms with Gasteiger partial charge in [0.2, 0.25) is 0 Å². The summed E-state index contributed by atoms with van der Waals surface area (Å²) >= 11 is 5.59. The van der Waals surface area contributed by atoms with Gasteiger partial charge >= 0.3 is 0 Å². The highest BCUT2D eigenvalue weighted by atomic mass is 35.5. The molecular weight excluding hydrogens is 202 g/mol. The van der Waals surface area contributed by atoms with Gasteiger partial charge in [0.05, 0.1) is 24.9 Å². The van der Waals surface area contributed by atoms with Crippen molar-refractivity contribution < 1.29 is 4.74 Å². The average Bonchev–Trinajstić information content (AvgIpc) is 2.53. The van der Waals surface area contributed by atoms with Crippen molar-refractivity contribution in [2.75, 3.05) is 12.5 Å². The van der Waals surface area contributed by atoms with E-state index in [9.17, 15) is 0 Å². The van der Waals surface area contributed by atoms with Crippen molar-refractivity contribution in [3.8, 4) is 0 Å². The molecule has 0 aliphatic rings. The van der Waals surface area contributed by atoms with E-state index in [0.717, 1.165) is 18.7 Å². The molecule has 0 fully saturated rings. The van der Waals surface area contributed by atoms with Gasteiger partial charge < -0.3 is 4.74 Å². The van der Waals surface area contributed by atoms with E-state index in [0.29, 0.717) is 12.5 Å². The van der Waals surface area contributed by atoms with E-state index in [4.69, 9.17) is 16.3 Å². The average molecular weight is 218 g/mol. The first-order chi connectivity index (χ1) is 6.72. The van der Waals surface area contributed by atoms with E-state index >= 15 is 0 Å². The summed E-state index contributed by atoms with van der Waals surface area (Å²) in [7, 11) is 0. The summed E-state index contributed by atoms with van der Waals surface area (Å²) in [5, 5.41) is 7.94. The maximum Gasteiger partial charge on any atom is 0.0839 e. The van der Waals surface area contributed by atoms with E-state index in [2.05, 4.69) is 10.3 Å². The fourth-order valence-corrected chi connectivity index (χ4v) is 1.23. The summed E-state index contributed by atoms with van der Waals surface area (Å²) in [6.07, 6.45) is 2.94. The minimum absolute atomic E-state index is 0.265. The van der Waals surface area contributed by atoms with Crippen molar-refractivity contribution in [2.45, 2.75) is 32.9 Å². The standard InChI is InChI=1S/C9H16ClN3O/c1-8(2)14-6-5-13-7-9(3-4-10)11-12-13/h7-8H,3-6H2,1-2H3. The Morgan fingerprint density at radius 2 is 2.36 bits per heavy atom. The molecule has 4 nitrogen and oxygen atoms in total. The van der Waals surface area contributed by atoms with Crippen LogP contribution in [-0.4, -0.2) is 33.6 Å². The van der Waals surface area contributed by atoms with Crippen LogP contribution in [0, 0.1) is 0 Å². The summed E-state index contributed by atoms with van der Waals surface area (Å²) < 4.78 is 7.18. The molecule has 0 N–H and O–H groups in total. The number of aryl methyl sites for hydroxylation is 1. The molecule has 0 spiro atoms. The predicted molar refractivity (Wildman–Crippen MR) is 55.5 cm³/mol. The number of halogens is 1. The predicted octanol–water partition coefficient (Wildman–Crippen LogP) is 1.48. The molecule has 0 aliphatic carbocycles. The highest BCUT2D eigenvalue weighted by Crippen LogP contribution is 1.96. The normalized spacial score (nSPS) is 11.1. The Morgan fingerprint density at radius 3 is 3.00 bits per heavy atom. The molecule has 0 aliphatic heterocycles. The molecule has 1 rings (SSSR count). The van der Waals surface area contributed by atoms with Gasteiger partial charge in [-0.1, -0.05) is 5.21 Å². The van der Waals surface area contributed by atoms with Gasteiger partial charge in [-0.3, -0.25) is 0 Å². The van der Waals surface area contributed by atoms with Crippen LogP contribution in [0.2, 0.25) is 0 Å². The largest absolute Gasteiger partial charge is 0.377 e. The van der Waals surface area contributed by atoms with E-state index in [1.54, 1.807) is 4.68 Å². The number of alkyl halides is 1. The second-order valence-electron chi connectivity index (χ2n) is 3.33. The van der Waals surface area contributed by atoms with Crippen molar-refractivity contribution >= 4 is 11.6 Å². The van der Waals surface area contributed by atoms with Gasteiger partial charge in [-0.05, 0) is 13.8 Å². The highest BCUT2D eigenvalue weighted by molar-refractivity contribution is 6.17. The third-order valence-electron chi connectivity index (χ3n) is 1.71. The van der Waals surface area contributed by atoms with Crippen molar-refractivity contribution in [2.24, 2.45) is 0 Å². The molecule has 1 aromatic rings. The van der Waals surface area contributed by atoms with Crippen LogP contribution in [0.4, 0.5) is 0 Å². The summed E-state index contributed by atoms with van der Waals surface area (Å²) in [5.41, 5.74) is 0.935. The third kappa shape index (κ3) is 4.07. The Balaban J connectivity index is 2.28. The Labute approximate surface area is 89.2 Å². The minimum Gasteiger partial charge on any atom is -0.377 e. The maximum absolute atomic E-state index is 5.59. The maximum atomic E-state index is 5.59. The van der Waals surface area contributed by atoms with Crippen molar-refractivity contribution in [3.63, 3.8) is 0 Å². The molecule has 5 heteroatoms.